The number of carbonyl (C=O) groups excluding carboxylic acids is 1. The summed E-state index contributed by atoms with van der Waals surface area (Å²) in [5.74, 6) is -1.20. The van der Waals surface area contributed by atoms with Crippen LogP contribution in [0, 0.1) is 5.92 Å². The van der Waals surface area contributed by atoms with Crippen LogP contribution in [0.2, 0.25) is 0 Å². The average Bonchev–Trinajstić information content (AvgIpc) is 2.29. The fourth-order valence-corrected chi connectivity index (χ4v) is 2.58. The highest BCUT2D eigenvalue weighted by atomic mass is 79.9. The van der Waals surface area contributed by atoms with E-state index in [2.05, 4.69) is 20.7 Å². The van der Waals surface area contributed by atoms with Crippen LogP contribution in [0.3, 0.4) is 0 Å². The molecule has 2 unspecified atom stereocenters. The number of carbonyl (C=O) groups is 1. The highest BCUT2D eigenvalue weighted by Gasteiger charge is 2.48. The van der Waals surface area contributed by atoms with E-state index in [-0.39, 0.29) is 12.5 Å². The standard InChI is InChI=1S/C11H18BrFO3/c1-2-16-10(15)11(12,13)9(14)8-6-4-3-5-7-8/h8-9,14H,2-7H2,1H3. The lowest BCUT2D eigenvalue weighted by atomic mass is 9.83. The van der Waals surface area contributed by atoms with Crippen molar-refractivity contribution >= 4 is 21.9 Å². The molecule has 1 aliphatic carbocycles. The molecule has 0 aliphatic heterocycles. The van der Waals surface area contributed by atoms with E-state index in [0.29, 0.717) is 0 Å². The molecule has 1 N–H and O–H groups in total. The van der Waals surface area contributed by atoms with E-state index in [0.717, 1.165) is 32.1 Å². The lowest BCUT2D eigenvalue weighted by Gasteiger charge is -2.31. The first-order valence-corrected chi connectivity index (χ1v) is 6.52. The lowest BCUT2D eigenvalue weighted by molar-refractivity contribution is -0.158. The Hall–Kier alpha value is -0.160. The van der Waals surface area contributed by atoms with Crippen molar-refractivity contribution in [2.75, 3.05) is 6.61 Å². The first kappa shape index (κ1) is 13.9. The third-order valence-corrected chi connectivity index (χ3v) is 3.81. The number of esters is 1. The number of ether oxygens (including phenoxy) is 1. The largest absolute Gasteiger partial charge is 0.463 e. The predicted octanol–water partition coefficient (Wildman–Crippen LogP) is 2.55. The quantitative estimate of drug-likeness (QED) is 0.641. The van der Waals surface area contributed by atoms with Crippen molar-refractivity contribution in [1.29, 1.82) is 0 Å². The number of rotatable bonds is 4. The molecule has 1 rings (SSSR count). The predicted molar refractivity (Wildman–Crippen MR) is 62.0 cm³/mol. The molecule has 2 atom stereocenters. The van der Waals surface area contributed by atoms with E-state index in [1.54, 1.807) is 6.92 Å². The van der Waals surface area contributed by atoms with E-state index >= 15 is 0 Å². The van der Waals surface area contributed by atoms with Gasteiger partial charge >= 0.3 is 5.97 Å². The van der Waals surface area contributed by atoms with Crippen LogP contribution in [0.5, 0.6) is 0 Å². The zero-order valence-electron chi connectivity index (χ0n) is 9.42. The number of hydrogen-bond donors (Lipinski definition) is 1. The molecule has 0 spiro atoms. The Kier molecular flexibility index (Phi) is 5.18. The summed E-state index contributed by atoms with van der Waals surface area (Å²) in [5, 5.41) is 9.88. The van der Waals surface area contributed by atoms with Gasteiger partial charge in [-0.05, 0) is 41.6 Å². The van der Waals surface area contributed by atoms with Crippen LogP contribution in [0.15, 0.2) is 0 Å². The molecule has 0 aromatic heterocycles. The molecule has 0 radical (unpaired) electrons. The topological polar surface area (TPSA) is 46.5 Å². The van der Waals surface area contributed by atoms with Gasteiger partial charge in [0.1, 0.15) is 6.10 Å². The second kappa shape index (κ2) is 5.96. The molecule has 1 saturated carbocycles. The third kappa shape index (κ3) is 3.17. The average molecular weight is 297 g/mol. The Morgan fingerprint density at radius 2 is 2.12 bits per heavy atom. The molecule has 0 heterocycles. The third-order valence-electron chi connectivity index (χ3n) is 3.02. The monoisotopic (exact) mass is 296 g/mol. The Bertz CT molecular complexity index is 239. The molecule has 0 aromatic rings. The van der Waals surface area contributed by atoms with E-state index in [1.807, 2.05) is 0 Å². The van der Waals surface area contributed by atoms with Crippen LogP contribution < -0.4 is 0 Å². The molecular formula is C11H18BrFO3. The van der Waals surface area contributed by atoms with Gasteiger partial charge in [0.2, 0.25) is 0 Å². The van der Waals surface area contributed by atoms with E-state index in [1.165, 1.54) is 0 Å². The van der Waals surface area contributed by atoms with E-state index in [4.69, 9.17) is 0 Å². The minimum Gasteiger partial charge on any atom is -0.463 e. The van der Waals surface area contributed by atoms with Gasteiger partial charge in [0.15, 0.2) is 0 Å². The Morgan fingerprint density at radius 1 is 1.56 bits per heavy atom. The second-order valence-electron chi connectivity index (χ2n) is 4.19. The summed E-state index contributed by atoms with van der Waals surface area (Å²) in [6, 6.07) is 0. The number of aliphatic hydroxyl groups excluding tert-OH is 1. The van der Waals surface area contributed by atoms with Crippen molar-refractivity contribution in [3.05, 3.63) is 0 Å². The summed E-state index contributed by atoms with van der Waals surface area (Å²) in [6.07, 6.45) is 3.27. The number of aliphatic hydroxyl groups is 1. The van der Waals surface area contributed by atoms with Gasteiger partial charge in [0, 0.05) is 0 Å². The summed E-state index contributed by atoms with van der Waals surface area (Å²) < 4.78 is 16.2. The SMILES string of the molecule is CCOC(=O)C(F)(Br)C(O)C1CCCCC1. The summed E-state index contributed by atoms with van der Waals surface area (Å²) in [5.41, 5.74) is 0. The van der Waals surface area contributed by atoms with Gasteiger partial charge in [0.25, 0.3) is 4.58 Å². The highest BCUT2D eigenvalue weighted by Crippen LogP contribution is 2.37. The maximum Gasteiger partial charge on any atom is 0.357 e. The summed E-state index contributed by atoms with van der Waals surface area (Å²) in [4.78, 5) is 11.3. The first-order chi connectivity index (χ1) is 7.50. The van der Waals surface area contributed by atoms with Gasteiger partial charge < -0.3 is 9.84 Å². The molecule has 5 heteroatoms. The molecule has 0 amide bonds. The summed E-state index contributed by atoms with van der Waals surface area (Å²) in [6.45, 7) is 1.71. The maximum absolute atomic E-state index is 14.0. The van der Waals surface area contributed by atoms with Crippen LogP contribution in [0.4, 0.5) is 4.39 Å². The van der Waals surface area contributed by atoms with Crippen LogP contribution in [-0.4, -0.2) is 28.4 Å². The molecule has 0 aromatic carbocycles. The highest BCUT2D eigenvalue weighted by molar-refractivity contribution is 9.10. The van der Waals surface area contributed by atoms with E-state index in [9.17, 15) is 14.3 Å². The van der Waals surface area contributed by atoms with Crippen LogP contribution in [0.1, 0.15) is 39.0 Å². The van der Waals surface area contributed by atoms with Crippen molar-refractivity contribution in [3.8, 4) is 0 Å². The Morgan fingerprint density at radius 3 is 2.62 bits per heavy atom. The van der Waals surface area contributed by atoms with Crippen molar-refractivity contribution < 1.29 is 19.0 Å². The van der Waals surface area contributed by atoms with Crippen molar-refractivity contribution in [2.24, 2.45) is 5.92 Å². The molecule has 0 saturated heterocycles. The number of halogens is 2. The minimum absolute atomic E-state index is 0.105. The normalized spacial score (nSPS) is 23.5. The van der Waals surface area contributed by atoms with Crippen molar-refractivity contribution in [3.63, 3.8) is 0 Å². The molecule has 16 heavy (non-hydrogen) atoms. The first-order valence-electron chi connectivity index (χ1n) is 5.73. The van der Waals surface area contributed by atoms with Gasteiger partial charge in [-0.25, -0.2) is 9.18 Å². The Labute approximate surface area is 103 Å². The van der Waals surface area contributed by atoms with Crippen molar-refractivity contribution in [2.45, 2.75) is 49.7 Å². The molecule has 1 fully saturated rings. The van der Waals surface area contributed by atoms with E-state index < -0.39 is 16.7 Å². The Balaban J connectivity index is 2.61. The second-order valence-corrected chi connectivity index (χ2v) is 5.34. The minimum atomic E-state index is -2.47. The van der Waals surface area contributed by atoms with Crippen molar-refractivity contribution in [1.82, 2.24) is 0 Å². The zero-order valence-corrected chi connectivity index (χ0v) is 11.0. The number of alkyl halides is 2. The van der Waals surface area contributed by atoms with Gasteiger partial charge in [0.05, 0.1) is 6.61 Å². The fraction of sp³-hybridized carbons (Fsp3) is 0.909. The van der Waals surface area contributed by atoms with Gasteiger partial charge in [-0.15, -0.1) is 0 Å². The fourth-order valence-electron chi connectivity index (χ4n) is 2.09. The van der Waals surface area contributed by atoms with Gasteiger partial charge in [-0.1, -0.05) is 19.3 Å². The summed E-state index contributed by atoms with van der Waals surface area (Å²) >= 11 is 2.66. The molecule has 3 nitrogen and oxygen atoms in total. The molecular weight excluding hydrogens is 279 g/mol. The summed E-state index contributed by atoms with van der Waals surface area (Å²) in [7, 11) is 0. The van der Waals surface area contributed by atoms with Gasteiger partial charge in [-0.2, -0.15) is 0 Å². The molecule has 0 bridgehead atoms. The smallest absolute Gasteiger partial charge is 0.357 e. The van der Waals surface area contributed by atoms with Crippen LogP contribution in [0.25, 0.3) is 0 Å². The zero-order chi connectivity index (χ0) is 12.2. The number of hydrogen-bond acceptors (Lipinski definition) is 3. The van der Waals surface area contributed by atoms with Crippen LogP contribution in [-0.2, 0) is 9.53 Å². The molecule has 1 aliphatic rings. The van der Waals surface area contributed by atoms with Crippen LogP contribution >= 0.6 is 15.9 Å². The van der Waals surface area contributed by atoms with Gasteiger partial charge in [-0.3, -0.25) is 0 Å². The maximum atomic E-state index is 14.0. The lowest BCUT2D eigenvalue weighted by Crippen LogP contribution is -2.45. The molecule has 94 valence electrons.